The first-order valence-electron chi connectivity index (χ1n) is 9.38. The first kappa shape index (κ1) is 18.2. The predicted molar refractivity (Wildman–Crippen MR) is 105 cm³/mol. The second-order valence-corrected chi connectivity index (χ2v) is 9.65. The second-order valence-electron chi connectivity index (χ2n) is 7.34. The molecule has 1 atom stereocenters. The van der Waals surface area contributed by atoms with E-state index >= 15 is 0 Å². The molecule has 1 aliphatic carbocycles. The summed E-state index contributed by atoms with van der Waals surface area (Å²) in [6.45, 7) is 3.05. The average molecular weight is 391 g/mol. The van der Waals surface area contributed by atoms with Gasteiger partial charge in [-0.25, -0.2) is 17.7 Å². The predicted octanol–water partition coefficient (Wildman–Crippen LogP) is 1.77. The summed E-state index contributed by atoms with van der Waals surface area (Å²) in [4.78, 5) is 21.9. The lowest BCUT2D eigenvalue weighted by molar-refractivity contribution is -0.117. The smallest absolute Gasteiger partial charge is 0.228 e. The molecule has 2 aromatic heterocycles. The van der Waals surface area contributed by atoms with Crippen LogP contribution >= 0.6 is 0 Å². The maximum Gasteiger partial charge on any atom is 0.228 e. The molecular formula is C18H25N5O3S. The topological polar surface area (TPSA) is 98.4 Å². The number of carbonyl (C=O) groups is 1. The largest absolute Gasteiger partial charge is 0.369 e. The van der Waals surface area contributed by atoms with Crippen molar-refractivity contribution in [2.75, 3.05) is 36.1 Å². The van der Waals surface area contributed by atoms with Gasteiger partial charge >= 0.3 is 0 Å². The fourth-order valence-corrected chi connectivity index (χ4v) is 4.64. The molecule has 1 saturated heterocycles. The molecule has 0 bridgehead atoms. The number of aromatic amines is 1. The van der Waals surface area contributed by atoms with Crippen molar-refractivity contribution in [3.05, 3.63) is 18.3 Å². The van der Waals surface area contributed by atoms with Gasteiger partial charge in [0.15, 0.2) is 0 Å². The van der Waals surface area contributed by atoms with E-state index in [0.29, 0.717) is 12.4 Å². The number of hydrogen-bond acceptors (Lipinski definition) is 5. The quantitative estimate of drug-likeness (QED) is 0.782. The molecule has 2 fully saturated rings. The Morgan fingerprint density at radius 3 is 2.89 bits per heavy atom. The molecule has 0 unspecified atom stereocenters. The maximum atomic E-state index is 12.2. The maximum absolute atomic E-state index is 12.2. The van der Waals surface area contributed by atoms with Crippen molar-refractivity contribution in [3.8, 4) is 0 Å². The molecule has 1 amide bonds. The van der Waals surface area contributed by atoms with Crippen molar-refractivity contribution < 1.29 is 13.2 Å². The Morgan fingerprint density at radius 1 is 1.41 bits per heavy atom. The van der Waals surface area contributed by atoms with Gasteiger partial charge in [0.25, 0.3) is 0 Å². The Bertz CT molecular complexity index is 967. The number of hydrogen-bond donors (Lipinski definition) is 2. The number of pyridine rings is 1. The molecule has 3 heterocycles. The van der Waals surface area contributed by atoms with E-state index < -0.39 is 10.0 Å². The van der Waals surface area contributed by atoms with Crippen LogP contribution < -0.4 is 10.2 Å². The van der Waals surface area contributed by atoms with Crippen LogP contribution in [0.1, 0.15) is 26.2 Å². The summed E-state index contributed by atoms with van der Waals surface area (Å²) in [6, 6.07) is 3.80. The van der Waals surface area contributed by atoms with Crippen LogP contribution in [0.2, 0.25) is 0 Å². The van der Waals surface area contributed by atoms with E-state index in [4.69, 9.17) is 0 Å². The van der Waals surface area contributed by atoms with Crippen molar-refractivity contribution in [2.24, 2.45) is 5.92 Å². The first-order valence-corrected chi connectivity index (χ1v) is 11.0. The van der Waals surface area contributed by atoms with Gasteiger partial charge in [-0.1, -0.05) is 0 Å². The third-order valence-corrected chi connectivity index (χ3v) is 7.43. The summed E-state index contributed by atoms with van der Waals surface area (Å²) in [6.07, 6.45) is 4.48. The summed E-state index contributed by atoms with van der Waals surface area (Å²) in [5.74, 6) is 0.773. The lowest BCUT2D eigenvalue weighted by atomic mass is 10.2. The molecule has 27 heavy (non-hydrogen) atoms. The van der Waals surface area contributed by atoms with Crippen LogP contribution in [0.4, 0.5) is 11.5 Å². The van der Waals surface area contributed by atoms with E-state index in [1.165, 1.54) is 4.31 Å². The fourth-order valence-electron chi connectivity index (χ4n) is 3.61. The third-order valence-electron chi connectivity index (χ3n) is 5.53. The average Bonchev–Trinajstić information content (AvgIpc) is 3.21. The highest BCUT2D eigenvalue weighted by atomic mass is 32.2. The normalized spacial score (nSPS) is 20.6. The molecule has 146 valence electrons. The van der Waals surface area contributed by atoms with Crippen LogP contribution in [0.25, 0.3) is 11.0 Å². The number of sulfonamides is 1. The van der Waals surface area contributed by atoms with E-state index in [1.807, 2.05) is 18.3 Å². The molecule has 2 aliphatic rings. The number of nitrogens with zero attached hydrogens (tertiary/aromatic N) is 3. The Hall–Kier alpha value is -2.13. The van der Waals surface area contributed by atoms with E-state index in [9.17, 15) is 13.2 Å². The molecule has 0 aromatic carbocycles. The highest BCUT2D eigenvalue weighted by Gasteiger charge is 2.33. The highest BCUT2D eigenvalue weighted by molar-refractivity contribution is 7.89. The van der Waals surface area contributed by atoms with Crippen molar-refractivity contribution in [1.29, 1.82) is 0 Å². The molecule has 0 radical (unpaired) electrons. The Balaban J connectivity index is 1.59. The van der Waals surface area contributed by atoms with Gasteiger partial charge < -0.3 is 15.2 Å². The lowest BCUT2D eigenvalue weighted by Gasteiger charge is -2.25. The minimum Gasteiger partial charge on any atom is -0.369 e. The monoisotopic (exact) mass is 391 g/mol. The molecule has 2 N–H and O–H groups in total. The summed E-state index contributed by atoms with van der Waals surface area (Å²) >= 11 is 0. The molecule has 1 saturated carbocycles. The van der Waals surface area contributed by atoms with Crippen LogP contribution in [-0.2, 0) is 14.8 Å². The molecule has 9 heteroatoms. The highest BCUT2D eigenvalue weighted by Crippen LogP contribution is 2.34. The molecule has 4 rings (SSSR count). The number of nitrogens with one attached hydrogen (secondary N) is 2. The van der Waals surface area contributed by atoms with E-state index in [2.05, 4.69) is 20.2 Å². The SMILES string of the molecule is CCS(=O)(=O)N(C)[C@H]1CCN(c2cc(NC(=O)C3CC3)nc3[nH]ccc23)C1. The van der Waals surface area contributed by atoms with Crippen molar-refractivity contribution >= 4 is 38.5 Å². The zero-order chi connectivity index (χ0) is 19.2. The standard InChI is InChI=1S/C18H25N5O3S/c1-3-27(25,26)22(2)13-7-9-23(11-13)15-10-16(21-18(24)12-4-5-12)20-17-14(15)6-8-19-17/h6,8,10,12-13H,3-5,7,9,11H2,1-2H3,(H2,19,20,21,24)/t13-/m0/s1. The van der Waals surface area contributed by atoms with Crippen molar-refractivity contribution in [3.63, 3.8) is 0 Å². The van der Waals surface area contributed by atoms with E-state index in [0.717, 1.165) is 42.5 Å². The van der Waals surface area contributed by atoms with Crippen LogP contribution in [0.15, 0.2) is 18.3 Å². The number of aromatic nitrogens is 2. The molecule has 0 spiro atoms. The van der Waals surface area contributed by atoms with Gasteiger partial charge in [0.1, 0.15) is 11.5 Å². The van der Waals surface area contributed by atoms with Gasteiger partial charge in [-0.3, -0.25) is 4.79 Å². The Morgan fingerprint density at radius 2 is 2.19 bits per heavy atom. The minimum absolute atomic E-state index is 0.0208. The van der Waals surface area contributed by atoms with Crippen molar-refractivity contribution in [1.82, 2.24) is 14.3 Å². The zero-order valence-electron chi connectivity index (χ0n) is 15.6. The van der Waals surface area contributed by atoms with E-state index in [-0.39, 0.29) is 23.6 Å². The van der Waals surface area contributed by atoms with Crippen LogP contribution in [-0.4, -0.2) is 60.5 Å². The number of H-pyrrole nitrogens is 1. The zero-order valence-corrected chi connectivity index (χ0v) is 16.4. The van der Waals surface area contributed by atoms with Gasteiger partial charge in [-0.2, -0.15) is 0 Å². The van der Waals surface area contributed by atoms with Crippen LogP contribution in [0.3, 0.4) is 0 Å². The minimum atomic E-state index is -3.21. The number of anilines is 2. The molecule has 2 aromatic rings. The van der Waals surface area contributed by atoms with Crippen LogP contribution in [0, 0.1) is 5.92 Å². The van der Waals surface area contributed by atoms with Gasteiger partial charge in [-0.05, 0) is 32.3 Å². The molecule has 1 aliphatic heterocycles. The van der Waals surface area contributed by atoms with E-state index in [1.54, 1.807) is 14.0 Å². The second kappa shape index (κ2) is 6.79. The summed E-state index contributed by atoms with van der Waals surface area (Å²) in [7, 11) is -1.55. The number of fused-ring (bicyclic) bond motifs is 1. The number of amides is 1. The summed E-state index contributed by atoms with van der Waals surface area (Å²) < 4.78 is 25.9. The van der Waals surface area contributed by atoms with Crippen LogP contribution in [0.5, 0.6) is 0 Å². The summed E-state index contributed by atoms with van der Waals surface area (Å²) in [5.41, 5.74) is 1.69. The third kappa shape index (κ3) is 3.53. The Kier molecular flexibility index (Phi) is 4.59. The number of carbonyl (C=O) groups excluding carboxylic acids is 1. The van der Waals surface area contributed by atoms with Gasteiger partial charge in [0.2, 0.25) is 15.9 Å². The fraction of sp³-hybridized carbons (Fsp3) is 0.556. The molecular weight excluding hydrogens is 366 g/mol. The summed E-state index contributed by atoms with van der Waals surface area (Å²) in [5, 5.41) is 3.89. The first-order chi connectivity index (χ1) is 12.9. The molecule has 8 nitrogen and oxygen atoms in total. The number of likely N-dealkylation sites (N-methyl/N-ethyl adjacent to an activating group) is 1. The lowest BCUT2D eigenvalue weighted by Crippen LogP contribution is -2.39. The van der Waals surface area contributed by atoms with Gasteiger partial charge in [-0.15, -0.1) is 0 Å². The number of rotatable bonds is 6. The Labute approximate surface area is 159 Å². The van der Waals surface area contributed by atoms with Gasteiger partial charge in [0.05, 0.1) is 11.4 Å². The van der Waals surface area contributed by atoms with Crippen molar-refractivity contribution in [2.45, 2.75) is 32.2 Å². The van der Waals surface area contributed by atoms with Gasteiger partial charge in [0, 0.05) is 49.7 Å².